The number of carbonyl (C=O) groups is 2. The van der Waals surface area contributed by atoms with Crippen LogP contribution in [0, 0.1) is 0 Å². The molecule has 0 aliphatic heterocycles. The summed E-state index contributed by atoms with van der Waals surface area (Å²) in [6, 6.07) is -0.634. The van der Waals surface area contributed by atoms with Crippen molar-refractivity contribution in [1.29, 1.82) is 0 Å². The highest BCUT2D eigenvalue weighted by molar-refractivity contribution is 5.76. The summed E-state index contributed by atoms with van der Waals surface area (Å²) in [4.78, 5) is 24.5. The number of aliphatic hydroxyl groups is 2. The molecule has 0 radical (unpaired) electrons. The summed E-state index contributed by atoms with van der Waals surface area (Å²) in [6.45, 7) is 4.90. The number of nitrogens with one attached hydrogen (secondary N) is 1. The summed E-state index contributed by atoms with van der Waals surface area (Å²) in [6.07, 6.45) is 60.8. The Balaban J connectivity index is 3.43. The lowest BCUT2D eigenvalue weighted by Crippen LogP contribution is -2.45. The van der Waals surface area contributed by atoms with E-state index in [2.05, 4.69) is 19.2 Å². The predicted molar refractivity (Wildman–Crippen MR) is 269 cm³/mol. The molecule has 0 aliphatic rings. The third kappa shape index (κ3) is 48.1. The molecule has 0 aromatic carbocycles. The second-order valence-electron chi connectivity index (χ2n) is 19.3. The number of allylic oxidation sites excluding steroid dienone is 1. The van der Waals surface area contributed by atoms with E-state index >= 15 is 0 Å². The fraction of sp³-hybridized carbons (Fsp3) is 0.929. The number of esters is 1. The van der Waals surface area contributed by atoms with Gasteiger partial charge in [0.05, 0.1) is 25.4 Å². The first kappa shape index (κ1) is 60.6. The molecule has 0 fully saturated rings. The van der Waals surface area contributed by atoms with Gasteiger partial charge >= 0.3 is 5.97 Å². The Labute approximate surface area is 387 Å². The third-order valence-electron chi connectivity index (χ3n) is 13.1. The van der Waals surface area contributed by atoms with Crippen LogP contribution < -0.4 is 5.32 Å². The monoisotopic (exact) mass is 876 g/mol. The Bertz CT molecular complexity index is 924. The Hall–Kier alpha value is -1.40. The Kier molecular flexibility index (Phi) is 51.0. The van der Waals surface area contributed by atoms with Crippen molar-refractivity contribution in [2.24, 2.45) is 0 Å². The second-order valence-corrected chi connectivity index (χ2v) is 19.3. The van der Waals surface area contributed by atoms with E-state index in [-0.39, 0.29) is 18.5 Å². The highest BCUT2D eigenvalue weighted by atomic mass is 16.5. The SMILES string of the molecule is CCCCCCCCCCCCCC/C=C/C(O)C(CO)NC(=O)CCCCCCCCCCCCCCCCOC(=O)CCCCCCCCCCCCCCCCCCC. The minimum Gasteiger partial charge on any atom is -0.466 e. The van der Waals surface area contributed by atoms with Crippen LogP contribution in [0.3, 0.4) is 0 Å². The number of ether oxygens (including phenoxy) is 1. The standard InChI is InChI=1S/C56H109NO5/c1-3-5-7-9-11-13-15-17-19-20-21-26-30-34-38-42-46-50-56(61)62-51-47-43-39-35-31-27-23-22-25-29-33-37-41-45-49-55(60)57-53(52-58)54(59)48-44-40-36-32-28-24-18-16-14-12-10-8-6-4-2/h44,48,53-54,58-59H,3-43,45-47,49-52H2,1-2H3,(H,57,60)/b48-44+. The molecule has 0 bridgehead atoms. The molecule has 0 aromatic rings. The molecule has 1 amide bonds. The van der Waals surface area contributed by atoms with E-state index in [4.69, 9.17) is 4.74 Å². The Morgan fingerprint density at radius 3 is 1.10 bits per heavy atom. The Morgan fingerprint density at radius 2 is 0.742 bits per heavy atom. The van der Waals surface area contributed by atoms with Crippen LogP contribution in [0.15, 0.2) is 12.2 Å². The summed E-state index contributed by atoms with van der Waals surface area (Å²) in [5.74, 6) is -0.0761. The van der Waals surface area contributed by atoms with Crippen molar-refractivity contribution in [3.8, 4) is 0 Å². The molecule has 6 nitrogen and oxygen atoms in total. The van der Waals surface area contributed by atoms with E-state index in [0.29, 0.717) is 19.4 Å². The maximum atomic E-state index is 12.4. The van der Waals surface area contributed by atoms with E-state index < -0.39 is 12.1 Å². The average Bonchev–Trinajstić information content (AvgIpc) is 3.27. The molecule has 0 rings (SSSR count). The molecule has 0 saturated heterocycles. The van der Waals surface area contributed by atoms with E-state index in [9.17, 15) is 19.8 Å². The average molecular weight is 876 g/mol. The summed E-state index contributed by atoms with van der Waals surface area (Å²) >= 11 is 0. The number of hydrogen-bond acceptors (Lipinski definition) is 5. The van der Waals surface area contributed by atoms with Gasteiger partial charge in [-0.1, -0.05) is 276 Å². The fourth-order valence-electron chi connectivity index (χ4n) is 8.75. The second kappa shape index (κ2) is 52.2. The molecule has 0 aliphatic carbocycles. The predicted octanol–water partition coefficient (Wildman–Crippen LogP) is 16.9. The maximum Gasteiger partial charge on any atom is 0.305 e. The van der Waals surface area contributed by atoms with Crippen LogP contribution in [-0.2, 0) is 14.3 Å². The number of carbonyl (C=O) groups excluding carboxylic acids is 2. The van der Waals surface area contributed by atoms with Gasteiger partial charge in [0.2, 0.25) is 5.91 Å². The molecule has 0 heterocycles. The van der Waals surface area contributed by atoms with Crippen LogP contribution in [-0.4, -0.2) is 47.4 Å². The molecule has 3 N–H and O–H groups in total. The number of rotatable bonds is 52. The van der Waals surface area contributed by atoms with Crippen LogP contribution in [0.4, 0.5) is 0 Å². The van der Waals surface area contributed by atoms with Crippen molar-refractivity contribution in [2.75, 3.05) is 13.2 Å². The lowest BCUT2D eigenvalue weighted by molar-refractivity contribution is -0.143. The van der Waals surface area contributed by atoms with Gasteiger partial charge in [0.25, 0.3) is 0 Å². The van der Waals surface area contributed by atoms with Gasteiger partial charge in [0.1, 0.15) is 0 Å². The van der Waals surface area contributed by atoms with Crippen molar-refractivity contribution < 1.29 is 24.5 Å². The van der Waals surface area contributed by atoms with E-state index in [1.807, 2.05) is 6.08 Å². The number of hydrogen-bond donors (Lipinski definition) is 3. The Morgan fingerprint density at radius 1 is 0.435 bits per heavy atom. The van der Waals surface area contributed by atoms with Gasteiger partial charge in [-0.2, -0.15) is 0 Å². The van der Waals surface area contributed by atoms with E-state index in [1.54, 1.807) is 6.08 Å². The zero-order valence-electron chi connectivity index (χ0n) is 41.9. The summed E-state index contributed by atoms with van der Waals surface area (Å²) in [7, 11) is 0. The van der Waals surface area contributed by atoms with Crippen molar-refractivity contribution in [2.45, 2.75) is 321 Å². The van der Waals surface area contributed by atoms with Crippen LogP contribution in [0.1, 0.15) is 309 Å². The first-order chi connectivity index (χ1) is 30.5. The molecule has 6 heteroatoms. The number of aliphatic hydroxyl groups excluding tert-OH is 2. The molecule has 2 atom stereocenters. The molecule has 2 unspecified atom stereocenters. The third-order valence-corrected chi connectivity index (χ3v) is 13.1. The van der Waals surface area contributed by atoms with Gasteiger partial charge in [-0.05, 0) is 32.1 Å². The first-order valence-corrected chi connectivity index (χ1v) is 28.0. The van der Waals surface area contributed by atoms with Crippen LogP contribution in [0.25, 0.3) is 0 Å². The molecule has 0 aromatic heterocycles. The zero-order chi connectivity index (χ0) is 45.1. The lowest BCUT2D eigenvalue weighted by Gasteiger charge is -2.20. The number of amides is 1. The largest absolute Gasteiger partial charge is 0.466 e. The molecule has 62 heavy (non-hydrogen) atoms. The quantitative estimate of drug-likeness (QED) is 0.0321. The smallest absolute Gasteiger partial charge is 0.305 e. The molecule has 0 spiro atoms. The zero-order valence-corrected chi connectivity index (χ0v) is 41.9. The van der Waals surface area contributed by atoms with Crippen LogP contribution in [0.2, 0.25) is 0 Å². The molecule has 368 valence electrons. The van der Waals surface area contributed by atoms with Crippen LogP contribution in [0.5, 0.6) is 0 Å². The van der Waals surface area contributed by atoms with Gasteiger partial charge < -0.3 is 20.3 Å². The van der Waals surface area contributed by atoms with Gasteiger partial charge in [0.15, 0.2) is 0 Å². The van der Waals surface area contributed by atoms with Crippen molar-refractivity contribution in [1.82, 2.24) is 5.32 Å². The van der Waals surface area contributed by atoms with Gasteiger partial charge in [0, 0.05) is 12.8 Å². The summed E-state index contributed by atoms with van der Waals surface area (Å²) in [5.41, 5.74) is 0. The van der Waals surface area contributed by atoms with E-state index in [0.717, 1.165) is 57.8 Å². The highest BCUT2D eigenvalue weighted by Gasteiger charge is 2.18. The van der Waals surface area contributed by atoms with Crippen molar-refractivity contribution in [3.63, 3.8) is 0 Å². The molecular weight excluding hydrogens is 767 g/mol. The first-order valence-electron chi connectivity index (χ1n) is 28.0. The van der Waals surface area contributed by atoms with Gasteiger partial charge in [-0.15, -0.1) is 0 Å². The van der Waals surface area contributed by atoms with Crippen molar-refractivity contribution in [3.05, 3.63) is 12.2 Å². The van der Waals surface area contributed by atoms with Gasteiger partial charge in [-0.25, -0.2) is 0 Å². The minimum absolute atomic E-state index is 0.000833. The highest BCUT2D eigenvalue weighted by Crippen LogP contribution is 2.17. The topological polar surface area (TPSA) is 95.9 Å². The number of unbranched alkanes of at least 4 members (excludes halogenated alkanes) is 41. The summed E-state index contributed by atoms with van der Waals surface area (Å²) in [5, 5.41) is 23.1. The van der Waals surface area contributed by atoms with E-state index in [1.165, 1.54) is 225 Å². The molecular formula is C56H109NO5. The van der Waals surface area contributed by atoms with Gasteiger partial charge in [-0.3, -0.25) is 9.59 Å². The summed E-state index contributed by atoms with van der Waals surface area (Å²) < 4.78 is 5.48. The fourth-order valence-corrected chi connectivity index (χ4v) is 8.75. The minimum atomic E-state index is -0.850. The maximum absolute atomic E-state index is 12.4. The van der Waals surface area contributed by atoms with Crippen molar-refractivity contribution >= 4 is 11.9 Å². The van der Waals surface area contributed by atoms with Crippen LogP contribution >= 0.6 is 0 Å². The molecule has 0 saturated carbocycles. The normalized spacial score (nSPS) is 12.6. The lowest BCUT2D eigenvalue weighted by atomic mass is 10.0.